The zero-order valence-corrected chi connectivity index (χ0v) is 29.8. The number of nitrogens with one attached hydrogen (secondary N) is 1. The van der Waals surface area contributed by atoms with Gasteiger partial charge in [-0.25, -0.2) is 10.1 Å². The smallest absolute Gasteiger partial charge is 0.308 e. The van der Waals surface area contributed by atoms with Crippen molar-refractivity contribution in [2.75, 3.05) is 45.2 Å². The lowest BCUT2D eigenvalue weighted by molar-refractivity contribution is -0.174. The van der Waals surface area contributed by atoms with E-state index in [-0.39, 0.29) is 25.4 Å². The molecule has 1 saturated heterocycles. The quantitative estimate of drug-likeness (QED) is 0.135. The molecule has 1 N–H and O–H groups in total. The summed E-state index contributed by atoms with van der Waals surface area (Å²) >= 11 is 0. The van der Waals surface area contributed by atoms with Gasteiger partial charge in [0, 0.05) is 51.8 Å². The van der Waals surface area contributed by atoms with Crippen LogP contribution in [0.5, 0.6) is 0 Å². The van der Waals surface area contributed by atoms with Crippen LogP contribution in [0.2, 0.25) is 0 Å². The standard InChI is InChI=1S/C41H47N5O6/c1-43(51-2)41(50)36(30-39(48)52-31-34-19-11-5-12-20-34)42-40(49)37(29-33-17-9-4-10-18-33)46(38(47)24-23-32-15-7-3-8-16-32)45-27-25-44(26-28-45)35-21-13-6-14-22-35/h3-22,36-37H,23-31H2,1-2H3,(H,42,49). The number of hydroxylamine groups is 2. The Labute approximate surface area is 305 Å². The van der Waals surface area contributed by atoms with Crippen LogP contribution < -0.4 is 10.2 Å². The van der Waals surface area contributed by atoms with E-state index in [1.54, 1.807) is 5.01 Å². The van der Waals surface area contributed by atoms with Crippen molar-refractivity contribution in [3.8, 4) is 0 Å². The third-order valence-electron chi connectivity index (χ3n) is 9.09. The molecule has 5 rings (SSSR count). The molecule has 272 valence electrons. The SMILES string of the molecule is CON(C)C(=O)C(CC(=O)OCc1ccccc1)NC(=O)C(Cc1ccccc1)N(C(=O)CCc1ccccc1)N1CCN(c2ccccc2)CC1. The molecule has 0 spiro atoms. The van der Waals surface area contributed by atoms with Crippen LogP contribution in [0, 0.1) is 0 Å². The fourth-order valence-corrected chi connectivity index (χ4v) is 6.22. The van der Waals surface area contributed by atoms with E-state index in [0.29, 0.717) is 32.6 Å². The van der Waals surface area contributed by atoms with Crippen LogP contribution in [0.25, 0.3) is 0 Å². The van der Waals surface area contributed by atoms with Crippen LogP contribution >= 0.6 is 0 Å². The third kappa shape index (κ3) is 10.7. The number of rotatable bonds is 16. The van der Waals surface area contributed by atoms with Crippen molar-refractivity contribution in [2.45, 2.75) is 44.4 Å². The maximum Gasteiger partial charge on any atom is 0.308 e. The minimum atomic E-state index is -1.31. The Morgan fingerprint density at radius 2 is 1.27 bits per heavy atom. The average Bonchev–Trinajstić information content (AvgIpc) is 3.20. The van der Waals surface area contributed by atoms with Crippen LogP contribution in [0.3, 0.4) is 0 Å². The summed E-state index contributed by atoms with van der Waals surface area (Å²) in [6.45, 7) is 2.28. The molecule has 1 heterocycles. The number of likely N-dealkylation sites (N-methyl/N-ethyl adjacent to an activating group) is 1. The first kappa shape index (κ1) is 37.7. The van der Waals surface area contributed by atoms with Crippen molar-refractivity contribution in [1.29, 1.82) is 0 Å². The Morgan fingerprint density at radius 1 is 0.731 bits per heavy atom. The van der Waals surface area contributed by atoms with Crippen molar-refractivity contribution >= 4 is 29.4 Å². The van der Waals surface area contributed by atoms with E-state index < -0.39 is 36.3 Å². The van der Waals surface area contributed by atoms with Gasteiger partial charge in [0.25, 0.3) is 5.91 Å². The Bertz CT molecular complexity index is 1720. The largest absolute Gasteiger partial charge is 0.461 e. The first-order chi connectivity index (χ1) is 25.3. The van der Waals surface area contributed by atoms with Gasteiger partial charge in [0.1, 0.15) is 18.7 Å². The lowest BCUT2D eigenvalue weighted by Crippen LogP contribution is -2.63. The highest BCUT2D eigenvalue weighted by Gasteiger charge is 2.38. The molecule has 2 unspecified atom stereocenters. The highest BCUT2D eigenvalue weighted by Crippen LogP contribution is 2.21. The van der Waals surface area contributed by atoms with Crippen molar-refractivity contribution in [1.82, 2.24) is 20.4 Å². The minimum Gasteiger partial charge on any atom is -0.461 e. The number of carbonyl (C=O) groups excluding carboxylic acids is 4. The molecule has 52 heavy (non-hydrogen) atoms. The van der Waals surface area contributed by atoms with Gasteiger partial charge >= 0.3 is 5.97 Å². The Morgan fingerprint density at radius 3 is 1.85 bits per heavy atom. The highest BCUT2D eigenvalue weighted by atomic mass is 16.7. The molecule has 1 aliphatic rings. The van der Waals surface area contributed by atoms with E-state index in [9.17, 15) is 19.2 Å². The number of ether oxygens (including phenoxy) is 1. The van der Waals surface area contributed by atoms with E-state index >= 15 is 0 Å². The molecule has 11 heteroatoms. The van der Waals surface area contributed by atoms with Gasteiger partial charge in [0.05, 0.1) is 13.5 Å². The van der Waals surface area contributed by atoms with Gasteiger partial charge in [-0.2, -0.15) is 0 Å². The Kier molecular flexibility index (Phi) is 13.9. The van der Waals surface area contributed by atoms with Gasteiger partial charge < -0.3 is 15.0 Å². The molecule has 0 saturated carbocycles. The first-order valence-electron chi connectivity index (χ1n) is 17.6. The van der Waals surface area contributed by atoms with E-state index in [4.69, 9.17) is 9.57 Å². The maximum absolute atomic E-state index is 14.6. The second-order valence-electron chi connectivity index (χ2n) is 12.6. The second-order valence-corrected chi connectivity index (χ2v) is 12.6. The fraction of sp³-hybridized carbons (Fsp3) is 0.317. The fourth-order valence-electron chi connectivity index (χ4n) is 6.22. The molecule has 4 aromatic rings. The van der Waals surface area contributed by atoms with Gasteiger partial charge in [0.15, 0.2) is 0 Å². The molecular weight excluding hydrogens is 658 g/mol. The van der Waals surface area contributed by atoms with Gasteiger partial charge in [-0.3, -0.25) is 29.0 Å². The number of nitrogens with zero attached hydrogens (tertiary/aromatic N) is 4. The summed E-state index contributed by atoms with van der Waals surface area (Å²) in [5.74, 6) is -2.09. The van der Waals surface area contributed by atoms with Crippen LogP contribution in [0.1, 0.15) is 29.5 Å². The monoisotopic (exact) mass is 705 g/mol. The number of aryl methyl sites for hydroxylation is 1. The molecule has 0 aliphatic carbocycles. The molecule has 3 amide bonds. The first-order valence-corrected chi connectivity index (χ1v) is 17.6. The van der Waals surface area contributed by atoms with Crippen LogP contribution in [-0.4, -0.2) is 91.2 Å². The summed E-state index contributed by atoms with van der Waals surface area (Å²) in [5.41, 5.74) is 3.73. The van der Waals surface area contributed by atoms with Crippen molar-refractivity contribution < 1.29 is 28.8 Å². The van der Waals surface area contributed by atoms with Gasteiger partial charge in [-0.1, -0.05) is 109 Å². The number of piperazine rings is 1. The Balaban J connectivity index is 1.42. The summed E-state index contributed by atoms with van der Waals surface area (Å²) in [5, 5.41) is 7.32. The molecule has 0 aromatic heterocycles. The third-order valence-corrected chi connectivity index (χ3v) is 9.09. The van der Waals surface area contributed by atoms with Gasteiger partial charge in [-0.15, -0.1) is 0 Å². The normalized spacial score (nSPS) is 14.2. The maximum atomic E-state index is 14.6. The zero-order valence-electron chi connectivity index (χ0n) is 29.8. The second kappa shape index (κ2) is 19.2. The van der Waals surface area contributed by atoms with E-state index in [0.717, 1.165) is 27.4 Å². The lowest BCUT2D eigenvalue weighted by atomic mass is 10.0. The molecule has 11 nitrogen and oxygen atoms in total. The number of para-hydroxylation sites is 1. The number of hydrogen-bond donors (Lipinski definition) is 1. The molecule has 2 atom stereocenters. The number of benzene rings is 4. The number of hydrazine groups is 1. The van der Waals surface area contributed by atoms with Crippen LogP contribution in [0.4, 0.5) is 5.69 Å². The van der Waals surface area contributed by atoms with E-state index in [1.165, 1.54) is 14.2 Å². The summed E-state index contributed by atoms with van der Waals surface area (Å²) in [7, 11) is 2.73. The number of hydrogen-bond acceptors (Lipinski definition) is 8. The molecule has 1 fully saturated rings. The molecule has 4 aromatic carbocycles. The van der Waals surface area contributed by atoms with Gasteiger partial charge in [0.2, 0.25) is 11.8 Å². The molecular formula is C41H47N5O6. The highest BCUT2D eigenvalue weighted by molar-refractivity contribution is 5.93. The van der Waals surface area contributed by atoms with Crippen LogP contribution in [-0.2, 0) is 48.2 Å². The van der Waals surface area contributed by atoms with E-state index in [2.05, 4.69) is 22.3 Å². The van der Waals surface area contributed by atoms with Crippen molar-refractivity contribution in [3.63, 3.8) is 0 Å². The number of anilines is 1. The van der Waals surface area contributed by atoms with Crippen molar-refractivity contribution in [3.05, 3.63) is 138 Å². The minimum absolute atomic E-state index is 0.0178. The Hall–Kier alpha value is -5.52. The number of carbonyl (C=O) groups is 4. The van der Waals surface area contributed by atoms with Crippen molar-refractivity contribution in [2.24, 2.45) is 0 Å². The predicted molar refractivity (Wildman–Crippen MR) is 198 cm³/mol. The number of amides is 3. The summed E-state index contributed by atoms with van der Waals surface area (Å²) < 4.78 is 5.48. The average molecular weight is 706 g/mol. The topological polar surface area (TPSA) is 112 Å². The van der Waals surface area contributed by atoms with Gasteiger partial charge in [-0.05, 0) is 35.2 Å². The molecule has 0 radical (unpaired) electrons. The zero-order chi connectivity index (χ0) is 36.7. The predicted octanol–water partition coefficient (Wildman–Crippen LogP) is 4.43. The summed E-state index contributed by atoms with van der Waals surface area (Å²) in [6.07, 6.45) is 0.415. The lowest BCUT2D eigenvalue weighted by Gasteiger charge is -2.45. The number of esters is 1. The molecule has 1 aliphatic heterocycles. The summed E-state index contributed by atoms with van der Waals surface area (Å²) in [6, 6.07) is 36.2. The summed E-state index contributed by atoms with van der Waals surface area (Å²) in [4.78, 5) is 63.0. The molecule has 0 bridgehead atoms. The van der Waals surface area contributed by atoms with E-state index in [1.807, 2.05) is 114 Å². The van der Waals surface area contributed by atoms with Crippen LogP contribution in [0.15, 0.2) is 121 Å².